The molecule has 1 N–H and O–H groups in total. The van der Waals surface area contributed by atoms with Crippen LogP contribution in [0.1, 0.15) is 6.42 Å². The zero-order valence-corrected chi connectivity index (χ0v) is 10.7. The van der Waals surface area contributed by atoms with Crippen LogP contribution in [-0.2, 0) is 10.0 Å². The number of benzene rings is 1. The zero-order valence-electron chi connectivity index (χ0n) is 9.09. The highest BCUT2D eigenvalue weighted by Gasteiger charge is 2.20. The van der Waals surface area contributed by atoms with Gasteiger partial charge in [0.1, 0.15) is 4.90 Å². The highest BCUT2D eigenvalue weighted by Crippen LogP contribution is 2.25. The fraction of sp³-hybridized carbons (Fsp3) is 0.200. The molecule has 0 saturated heterocycles. The van der Waals surface area contributed by atoms with Gasteiger partial charge in [0.05, 0.1) is 9.95 Å². The Morgan fingerprint density at radius 2 is 2.17 bits per heavy atom. The summed E-state index contributed by atoms with van der Waals surface area (Å²) in [4.78, 5) is 9.54. The number of nitro benzene ring substituents is 1. The number of hydrogen-bond donors (Lipinski definition) is 1. The minimum atomic E-state index is -3.90. The molecule has 0 radical (unpaired) electrons. The van der Waals surface area contributed by atoms with Crippen LogP contribution in [0.2, 0.25) is 5.02 Å². The van der Waals surface area contributed by atoms with Crippen LogP contribution in [0.4, 0.5) is 5.69 Å². The van der Waals surface area contributed by atoms with Crippen molar-refractivity contribution in [3.63, 3.8) is 0 Å². The number of sulfonamides is 1. The summed E-state index contributed by atoms with van der Waals surface area (Å²) in [6.07, 6.45) is 5.20. The van der Waals surface area contributed by atoms with E-state index in [4.69, 9.17) is 18.0 Å². The van der Waals surface area contributed by atoms with Crippen LogP contribution in [-0.4, -0.2) is 19.9 Å². The average Bonchev–Trinajstić information content (AvgIpc) is 2.29. The zero-order chi connectivity index (χ0) is 13.8. The average molecular weight is 289 g/mol. The van der Waals surface area contributed by atoms with Gasteiger partial charge in [0, 0.05) is 25.1 Å². The predicted molar refractivity (Wildman–Crippen MR) is 66.7 cm³/mol. The van der Waals surface area contributed by atoms with Crippen LogP contribution < -0.4 is 4.72 Å². The van der Waals surface area contributed by atoms with Gasteiger partial charge in [0.2, 0.25) is 10.0 Å². The lowest BCUT2D eigenvalue weighted by atomic mass is 10.3. The van der Waals surface area contributed by atoms with Gasteiger partial charge < -0.3 is 0 Å². The van der Waals surface area contributed by atoms with E-state index in [1.165, 1.54) is 0 Å². The van der Waals surface area contributed by atoms with Gasteiger partial charge in [0.25, 0.3) is 5.69 Å². The van der Waals surface area contributed by atoms with Crippen molar-refractivity contribution in [1.29, 1.82) is 0 Å². The van der Waals surface area contributed by atoms with Gasteiger partial charge in [-0.05, 0) is 6.07 Å². The van der Waals surface area contributed by atoms with Gasteiger partial charge in [-0.25, -0.2) is 13.1 Å². The highest BCUT2D eigenvalue weighted by atomic mass is 35.5. The molecular weight excluding hydrogens is 280 g/mol. The molecule has 0 amide bonds. The summed E-state index contributed by atoms with van der Waals surface area (Å²) in [6.45, 7) is 0.0395. The smallest absolute Gasteiger partial charge is 0.258 e. The van der Waals surface area contributed by atoms with Gasteiger partial charge in [-0.15, -0.1) is 12.3 Å². The number of halogens is 1. The number of nitrogens with one attached hydrogen (secondary N) is 1. The Labute approximate surface area is 109 Å². The number of nitro groups is 1. The maximum atomic E-state index is 11.8. The summed E-state index contributed by atoms with van der Waals surface area (Å²) in [5.41, 5.74) is -0.350. The largest absolute Gasteiger partial charge is 0.270 e. The van der Waals surface area contributed by atoms with Gasteiger partial charge in [0.15, 0.2) is 0 Å². The molecule has 1 aromatic carbocycles. The first-order valence-corrected chi connectivity index (χ1v) is 6.61. The van der Waals surface area contributed by atoms with Crippen LogP contribution in [0, 0.1) is 22.5 Å². The van der Waals surface area contributed by atoms with Crippen molar-refractivity contribution in [2.45, 2.75) is 11.3 Å². The Bertz CT molecular complexity index is 607. The Hall–Kier alpha value is -1.62. The molecule has 18 heavy (non-hydrogen) atoms. The lowest BCUT2D eigenvalue weighted by molar-refractivity contribution is -0.385. The normalized spacial score (nSPS) is 10.9. The first kappa shape index (κ1) is 14.4. The number of non-ortho nitro benzene ring substituents is 1. The highest BCUT2D eigenvalue weighted by molar-refractivity contribution is 7.89. The van der Waals surface area contributed by atoms with Crippen LogP contribution in [0.25, 0.3) is 0 Å². The number of rotatable bonds is 5. The first-order valence-electron chi connectivity index (χ1n) is 4.75. The topological polar surface area (TPSA) is 89.3 Å². The maximum Gasteiger partial charge on any atom is 0.270 e. The minimum Gasteiger partial charge on any atom is -0.258 e. The molecule has 0 aromatic heterocycles. The summed E-state index contributed by atoms with van der Waals surface area (Å²) < 4.78 is 25.8. The second-order valence-corrected chi connectivity index (χ2v) is 5.37. The monoisotopic (exact) mass is 288 g/mol. The number of hydrogen-bond acceptors (Lipinski definition) is 4. The first-order chi connectivity index (χ1) is 8.38. The van der Waals surface area contributed by atoms with E-state index in [1.54, 1.807) is 0 Å². The molecule has 96 valence electrons. The van der Waals surface area contributed by atoms with Gasteiger partial charge in [-0.2, -0.15) is 0 Å². The van der Waals surface area contributed by atoms with Crippen molar-refractivity contribution < 1.29 is 13.3 Å². The summed E-state index contributed by atoms with van der Waals surface area (Å²) in [5, 5.41) is 10.5. The molecule has 0 aliphatic carbocycles. The van der Waals surface area contributed by atoms with E-state index in [0.717, 1.165) is 18.2 Å². The fourth-order valence-electron chi connectivity index (χ4n) is 1.15. The molecule has 6 nitrogen and oxygen atoms in total. The Kier molecular flexibility index (Phi) is 4.67. The molecule has 0 heterocycles. The van der Waals surface area contributed by atoms with Gasteiger partial charge in [-0.3, -0.25) is 10.1 Å². The van der Waals surface area contributed by atoms with Crippen molar-refractivity contribution in [3.05, 3.63) is 33.3 Å². The van der Waals surface area contributed by atoms with E-state index < -0.39 is 14.9 Å². The second-order valence-electron chi connectivity index (χ2n) is 3.22. The maximum absolute atomic E-state index is 11.8. The van der Waals surface area contributed by atoms with E-state index in [0.29, 0.717) is 0 Å². The van der Waals surface area contributed by atoms with Crippen LogP contribution in [0.15, 0.2) is 23.1 Å². The molecular formula is C10H9ClN2O4S. The molecule has 0 unspecified atom stereocenters. The second kappa shape index (κ2) is 5.82. The third-order valence-electron chi connectivity index (χ3n) is 1.98. The third kappa shape index (κ3) is 3.43. The van der Waals surface area contributed by atoms with Crippen LogP contribution in [0.3, 0.4) is 0 Å². The molecule has 0 fully saturated rings. The van der Waals surface area contributed by atoms with E-state index in [9.17, 15) is 18.5 Å². The SMILES string of the molecule is C#CCCNS(=O)(=O)c1cc([N+](=O)[O-])ccc1Cl. The molecule has 0 saturated carbocycles. The van der Waals surface area contributed by atoms with Crippen molar-refractivity contribution >= 4 is 27.3 Å². The molecule has 1 rings (SSSR count). The molecule has 0 atom stereocenters. The summed E-state index contributed by atoms with van der Waals surface area (Å²) >= 11 is 5.72. The summed E-state index contributed by atoms with van der Waals surface area (Å²) in [5.74, 6) is 2.27. The lowest BCUT2D eigenvalue weighted by Gasteiger charge is -2.06. The minimum absolute atomic E-state index is 0.0395. The van der Waals surface area contributed by atoms with Crippen molar-refractivity contribution in [1.82, 2.24) is 4.72 Å². The molecule has 0 bridgehead atoms. The predicted octanol–water partition coefficient (Wildman–Crippen LogP) is 1.55. The fourth-order valence-corrected chi connectivity index (χ4v) is 2.70. The van der Waals surface area contributed by atoms with Gasteiger partial charge >= 0.3 is 0 Å². The third-order valence-corrected chi connectivity index (χ3v) is 3.92. The molecule has 8 heteroatoms. The van der Waals surface area contributed by atoms with Crippen molar-refractivity contribution in [2.24, 2.45) is 0 Å². The Morgan fingerprint density at radius 3 is 2.72 bits per heavy atom. The number of nitrogens with zero attached hydrogens (tertiary/aromatic N) is 1. The van der Waals surface area contributed by atoms with Crippen LogP contribution >= 0.6 is 11.6 Å². The van der Waals surface area contributed by atoms with Crippen molar-refractivity contribution in [2.75, 3.05) is 6.54 Å². The molecule has 1 aromatic rings. The van der Waals surface area contributed by atoms with Crippen molar-refractivity contribution in [3.8, 4) is 12.3 Å². The summed E-state index contributed by atoms with van der Waals surface area (Å²) in [6, 6.07) is 3.19. The van der Waals surface area contributed by atoms with E-state index in [2.05, 4.69) is 10.6 Å². The molecule has 0 aliphatic rings. The Balaban J connectivity index is 3.12. The molecule has 0 aliphatic heterocycles. The van der Waals surface area contributed by atoms with E-state index in [1.807, 2.05) is 0 Å². The summed E-state index contributed by atoms with van der Waals surface area (Å²) in [7, 11) is -3.90. The number of terminal acetylenes is 1. The molecule has 0 spiro atoms. The van der Waals surface area contributed by atoms with E-state index >= 15 is 0 Å². The van der Waals surface area contributed by atoms with Gasteiger partial charge in [-0.1, -0.05) is 11.6 Å². The van der Waals surface area contributed by atoms with Crippen LogP contribution in [0.5, 0.6) is 0 Å². The lowest BCUT2D eigenvalue weighted by Crippen LogP contribution is -2.24. The quantitative estimate of drug-likeness (QED) is 0.385. The standard InChI is InChI=1S/C10H9ClN2O4S/c1-2-3-6-12-18(16,17)10-7-8(13(14)15)4-5-9(10)11/h1,4-5,7,12H,3,6H2. The Morgan fingerprint density at radius 1 is 1.50 bits per heavy atom. The van der Waals surface area contributed by atoms with E-state index in [-0.39, 0.29) is 28.6 Å².